The van der Waals surface area contributed by atoms with Crippen LogP contribution < -0.4 is 0 Å². The second kappa shape index (κ2) is 9.41. The Morgan fingerprint density at radius 2 is 1.82 bits per heavy atom. The predicted molar refractivity (Wildman–Crippen MR) is 135 cm³/mol. The molecule has 194 valence electrons. The van der Waals surface area contributed by atoms with Gasteiger partial charge in [0.15, 0.2) is 0 Å². The van der Waals surface area contributed by atoms with E-state index in [0.717, 1.165) is 37.0 Å². The summed E-state index contributed by atoms with van der Waals surface area (Å²) in [4.78, 5) is 11.6. The SMILES string of the molecule is CC(=O)O[C@H]1CC[C@]2(C)[C@@H]3CC[C@@]4(C)[C@H](CC[C@@H]4[C@H](C)CCCC(C)C)[C@@H]3C/C(=N/O)[C@]2(O)C1. The van der Waals surface area contributed by atoms with Gasteiger partial charge in [0.05, 0.1) is 5.71 Å². The average Bonchev–Trinajstić information content (AvgIpc) is 3.11. The molecule has 4 fully saturated rings. The number of esters is 1. The molecule has 0 radical (unpaired) electrons. The maximum atomic E-state index is 12.0. The highest BCUT2D eigenvalue weighted by Gasteiger charge is 2.67. The fraction of sp³-hybridized carbons (Fsp3) is 0.931. The fourth-order valence-corrected chi connectivity index (χ4v) is 9.51. The van der Waals surface area contributed by atoms with Gasteiger partial charge in [-0.15, -0.1) is 0 Å². The number of oxime groups is 1. The van der Waals surface area contributed by atoms with E-state index in [0.29, 0.717) is 41.7 Å². The van der Waals surface area contributed by atoms with E-state index in [2.05, 4.69) is 39.8 Å². The van der Waals surface area contributed by atoms with Gasteiger partial charge in [-0.1, -0.05) is 59.0 Å². The van der Waals surface area contributed by atoms with Crippen LogP contribution in [0.15, 0.2) is 5.16 Å². The van der Waals surface area contributed by atoms with Crippen molar-refractivity contribution in [2.24, 2.45) is 51.5 Å². The lowest BCUT2D eigenvalue weighted by Crippen LogP contribution is -2.67. The van der Waals surface area contributed by atoms with E-state index in [1.807, 2.05) is 0 Å². The topological polar surface area (TPSA) is 79.1 Å². The van der Waals surface area contributed by atoms with Crippen molar-refractivity contribution in [3.8, 4) is 0 Å². The minimum absolute atomic E-state index is 0.304. The second-order valence-corrected chi connectivity index (χ2v) is 13.4. The molecule has 0 unspecified atom stereocenters. The van der Waals surface area contributed by atoms with Gasteiger partial charge >= 0.3 is 5.97 Å². The van der Waals surface area contributed by atoms with E-state index in [1.165, 1.54) is 45.4 Å². The summed E-state index contributed by atoms with van der Waals surface area (Å²) in [5, 5.41) is 25.8. The van der Waals surface area contributed by atoms with E-state index in [1.54, 1.807) is 0 Å². The predicted octanol–water partition coefficient (Wildman–Crippen LogP) is 6.59. The molecule has 4 rings (SSSR count). The standard InChI is InChI=1S/C29H49NO4/c1-18(2)8-7-9-19(3)23-10-11-24-22-16-26(30-33)29(32)17-21(34-20(4)31)12-15-28(29,6)25(22)13-14-27(23,24)5/h18-19,21-25,32-33H,7-17H2,1-6H3/b30-26-/t19-,21+,22+,23-,24-,25-,27-,28-,29-/m1/s1. The minimum Gasteiger partial charge on any atom is -0.462 e. The molecular formula is C29H49NO4. The molecule has 0 spiro atoms. The van der Waals surface area contributed by atoms with Crippen LogP contribution in [0.2, 0.25) is 0 Å². The van der Waals surface area contributed by atoms with E-state index in [4.69, 9.17) is 4.74 Å². The molecular weight excluding hydrogens is 426 g/mol. The Kier molecular flexibility index (Phi) is 7.19. The summed E-state index contributed by atoms with van der Waals surface area (Å²) in [5.74, 6) is 3.53. The van der Waals surface area contributed by atoms with Gasteiger partial charge in [0.25, 0.3) is 0 Å². The first-order valence-electron chi connectivity index (χ1n) is 14.1. The van der Waals surface area contributed by atoms with Gasteiger partial charge in [-0.3, -0.25) is 4.79 Å². The van der Waals surface area contributed by atoms with Crippen LogP contribution in [0, 0.1) is 46.3 Å². The molecule has 0 bridgehead atoms. The highest BCUT2D eigenvalue weighted by molar-refractivity contribution is 5.94. The number of hydrogen-bond acceptors (Lipinski definition) is 5. The molecule has 0 aliphatic heterocycles. The average molecular weight is 476 g/mol. The van der Waals surface area contributed by atoms with Crippen LogP contribution in [0.5, 0.6) is 0 Å². The van der Waals surface area contributed by atoms with Gasteiger partial charge in [-0.2, -0.15) is 0 Å². The van der Waals surface area contributed by atoms with Crippen molar-refractivity contribution in [1.29, 1.82) is 0 Å². The molecule has 9 atom stereocenters. The van der Waals surface area contributed by atoms with Crippen LogP contribution in [-0.2, 0) is 9.53 Å². The number of carbonyl (C=O) groups excluding carboxylic acids is 1. The zero-order valence-electron chi connectivity index (χ0n) is 22.5. The summed E-state index contributed by atoms with van der Waals surface area (Å²) in [6.45, 7) is 13.3. The molecule has 34 heavy (non-hydrogen) atoms. The molecule has 4 saturated carbocycles. The molecule has 0 heterocycles. The molecule has 0 aromatic rings. The van der Waals surface area contributed by atoms with Gasteiger partial charge in [0.1, 0.15) is 11.7 Å². The van der Waals surface area contributed by atoms with Gasteiger partial charge in [-0.25, -0.2) is 0 Å². The molecule has 2 N–H and O–H groups in total. The molecule has 5 nitrogen and oxygen atoms in total. The number of rotatable bonds is 6. The molecule has 4 aliphatic carbocycles. The Morgan fingerprint density at radius 1 is 1.09 bits per heavy atom. The van der Waals surface area contributed by atoms with E-state index >= 15 is 0 Å². The summed E-state index contributed by atoms with van der Waals surface area (Å²) in [6.07, 6.45) is 11.2. The van der Waals surface area contributed by atoms with Gasteiger partial charge in [-0.05, 0) is 85.9 Å². The zero-order valence-corrected chi connectivity index (χ0v) is 22.5. The lowest BCUT2D eigenvalue weighted by atomic mass is 9.42. The number of fused-ring (bicyclic) bond motifs is 5. The number of hydrogen-bond donors (Lipinski definition) is 2. The third-order valence-electron chi connectivity index (χ3n) is 11.3. The maximum absolute atomic E-state index is 12.0. The van der Waals surface area contributed by atoms with Crippen molar-refractivity contribution in [1.82, 2.24) is 0 Å². The molecule has 5 heteroatoms. The summed E-state index contributed by atoms with van der Waals surface area (Å²) in [6, 6.07) is 0. The van der Waals surface area contributed by atoms with Crippen LogP contribution in [0.3, 0.4) is 0 Å². The van der Waals surface area contributed by atoms with Gasteiger partial charge < -0.3 is 15.1 Å². The first-order valence-corrected chi connectivity index (χ1v) is 14.1. The molecule has 0 amide bonds. The third kappa shape index (κ3) is 4.12. The highest BCUT2D eigenvalue weighted by atomic mass is 16.5. The van der Waals surface area contributed by atoms with Crippen LogP contribution in [0.4, 0.5) is 0 Å². The first-order chi connectivity index (χ1) is 16.0. The second-order valence-electron chi connectivity index (χ2n) is 13.4. The fourth-order valence-electron chi connectivity index (χ4n) is 9.51. The smallest absolute Gasteiger partial charge is 0.302 e. The van der Waals surface area contributed by atoms with Crippen LogP contribution >= 0.6 is 0 Å². The largest absolute Gasteiger partial charge is 0.462 e. The van der Waals surface area contributed by atoms with E-state index < -0.39 is 5.60 Å². The van der Waals surface area contributed by atoms with Crippen molar-refractivity contribution < 1.29 is 19.8 Å². The molecule has 4 aliphatic rings. The lowest BCUT2D eigenvalue weighted by molar-refractivity contribution is -0.183. The Labute approximate surface area is 207 Å². The normalized spacial score (nSPS) is 46.0. The lowest BCUT2D eigenvalue weighted by Gasteiger charge is -2.64. The monoisotopic (exact) mass is 475 g/mol. The summed E-state index contributed by atoms with van der Waals surface area (Å²) in [5.41, 5.74) is -0.654. The van der Waals surface area contributed by atoms with Crippen molar-refractivity contribution in [2.75, 3.05) is 0 Å². The number of nitrogens with zero attached hydrogens (tertiary/aromatic N) is 1. The molecule has 0 aromatic heterocycles. The van der Waals surface area contributed by atoms with Gasteiger partial charge in [0, 0.05) is 18.8 Å². The quantitative estimate of drug-likeness (QED) is 0.258. The van der Waals surface area contributed by atoms with Crippen molar-refractivity contribution in [3.63, 3.8) is 0 Å². The minimum atomic E-state index is -1.20. The molecule has 0 aromatic carbocycles. The molecule has 0 saturated heterocycles. The number of aliphatic hydroxyl groups is 1. The highest BCUT2D eigenvalue weighted by Crippen LogP contribution is 2.68. The number of ether oxygens (including phenoxy) is 1. The maximum Gasteiger partial charge on any atom is 0.302 e. The van der Waals surface area contributed by atoms with Crippen LogP contribution in [-0.4, -0.2) is 33.7 Å². The summed E-state index contributed by atoms with van der Waals surface area (Å²) < 4.78 is 5.52. The Morgan fingerprint density at radius 3 is 2.47 bits per heavy atom. The first kappa shape index (κ1) is 26.0. The Hall–Kier alpha value is -1.10. The van der Waals surface area contributed by atoms with Crippen molar-refractivity contribution >= 4 is 11.7 Å². The van der Waals surface area contributed by atoms with Crippen LogP contribution in [0.1, 0.15) is 112 Å². The van der Waals surface area contributed by atoms with Crippen LogP contribution in [0.25, 0.3) is 0 Å². The Bertz CT molecular complexity index is 795. The Balaban J connectivity index is 1.56. The van der Waals surface area contributed by atoms with Gasteiger partial charge in [0.2, 0.25) is 0 Å². The van der Waals surface area contributed by atoms with E-state index in [-0.39, 0.29) is 17.5 Å². The van der Waals surface area contributed by atoms with Crippen molar-refractivity contribution in [3.05, 3.63) is 0 Å². The summed E-state index contributed by atoms with van der Waals surface area (Å²) in [7, 11) is 0. The number of carbonyl (C=O) groups is 1. The van der Waals surface area contributed by atoms with E-state index in [9.17, 15) is 15.1 Å². The van der Waals surface area contributed by atoms with Crippen molar-refractivity contribution in [2.45, 2.75) is 124 Å². The third-order valence-corrected chi connectivity index (χ3v) is 11.3. The summed E-state index contributed by atoms with van der Waals surface area (Å²) >= 11 is 0. The zero-order chi connectivity index (χ0) is 24.9.